The van der Waals surface area contributed by atoms with E-state index in [0.717, 1.165) is 22.7 Å². The highest BCUT2D eigenvalue weighted by atomic mass is 16.5. The zero-order chi connectivity index (χ0) is 13.0. The van der Waals surface area contributed by atoms with Crippen LogP contribution in [0.25, 0.3) is 0 Å². The maximum absolute atomic E-state index is 5.13. The molecule has 0 spiro atoms. The van der Waals surface area contributed by atoms with E-state index < -0.39 is 0 Å². The van der Waals surface area contributed by atoms with E-state index in [1.807, 2.05) is 31.2 Å². The van der Waals surface area contributed by atoms with Gasteiger partial charge < -0.3 is 4.74 Å². The molecule has 0 amide bonds. The van der Waals surface area contributed by atoms with Crippen LogP contribution in [-0.4, -0.2) is 12.8 Å². The average Bonchev–Trinajstić information content (AvgIpc) is 2.39. The van der Waals surface area contributed by atoms with Gasteiger partial charge in [-0.1, -0.05) is 29.8 Å². The average molecular weight is 239 g/mol. The van der Waals surface area contributed by atoms with Gasteiger partial charge in [0.15, 0.2) is 0 Å². The molecule has 0 bridgehead atoms. The van der Waals surface area contributed by atoms with Crippen molar-refractivity contribution in [3.8, 4) is 5.75 Å². The molecule has 0 aromatic heterocycles. The number of benzene rings is 2. The second-order valence-corrected chi connectivity index (χ2v) is 4.26. The number of aryl methyl sites for hydroxylation is 1. The number of ether oxygens (including phenoxy) is 1. The molecule has 0 heterocycles. The fourth-order valence-corrected chi connectivity index (χ4v) is 1.79. The van der Waals surface area contributed by atoms with Crippen molar-refractivity contribution < 1.29 is 4.74 Å². The number of nitrogens with zero attached hydrogens (tertiary/aromatic N) is 1. The Morgan fingerprint density at radius 2 is 1.78 bits per heavy atom. The third kappa shape index (κ3) is 2.98. The first-order valence-corrected chi connectivity index (χ1v) is 5.95. The molecule has 0 saturated carbocycles. The van der Waals surface area contributed by atoms with Crippen LogP contribution in [0.3, 0.4) is 0 Å². The zero-order valence-electron chi connectivity index (χ0n) is 11.0. The number of hydrogen-bond acceptors (Lipinski definition) is 2. The molecule has 2 aromatic carbocycles. The van der Waals surface area contributed by atoms with Crippen LogP contribution in [0, 0.1) is 6.92 Å². The van der Waals surface area contributed by atoms with E-state index in [2.05, 4.69) is 36.2 Å². The van der Waals surface area contributed by atoms with Crippen molar-refractivity contribution in [1.82, 2.24) is 0 Å². The van der Waals surface area contributed by atoms with Gasteiger partial charge in [0.1, 0.15) is 5.75 Å². The lowest BCUT2D eigenvalue weighted by molar-refractivity contribution is 0.415. The van der Waals surface area contributed by atoms with Crippen LogP contribution in [-0.2, 0) is 0 Å². The highest BCUT2D eigenvalue weighted by molar-refractivity contribution is 6.00. The van der Waals surface area contributed by atoms with E-state index in [9.17, 15) is 0 Å². The second kappa shape index (κ2) is 5.50. The Morgan fingerprint density at radius 1 is 1.06 bits per heavy atom. The van der Waals surface area contributed by atoms with Gasteiger partial charge in [0.2, 0.25) is 0 Å². The lowest BCUT2D eigenvalue weighted by Crippen LogP contribution is -1.94. The minimum atomic E-state index is 0.849. The fourth-order valence-electron chi connectivity index (χ4n) is 1.79. The molecule has 0 N–H and O–H groups in total. The van der Waals surface area contributed by atoms with Crippen molar-refractivity contribution >= 4 is 11.4 Å². The maximum Gasteiger partial charge on any atom is 0.119 e. The van der Waals surface area contributed by atoms with Gasteiger partial charge in [0.05, 0.1) is 12.8 Å². The highest BCUT2D eigenvalue weighted by Gasteiger charge is 1.98. The number of rotatable bonds is 3. The Kier molecular flexibility index (Phi) is 3.78. The summed E-state index contributed by atoms with van der Waals surface area (Å²) in [5, 5.41) is 0. The van der Waals surface area contributed by atoms with Gasteiger partial charge in [0.25, 0.3) is 0 Å². The van der Waals surface area contributed by atoms with Crippen molar-refractivity contribution in [2.75, 3.05) is 7.11 Å². The quantitative estimate of drug-likeness (QED) is 0.737. The van der Waals surface area contributed by atoms with Crippen LogP contribution >= 0.6 is 0 Å². The van der Waals surface area contributed by atoms with E-state index in [0.29, 0.717) is 0 Å². The summed E-state index contributed by atoms with van der Waals surface area (Å²) in [6.45, 7) is 4.11. The van der Waals surface area contributed by atoms with Gasteiger partial charge in [-0.15, -0.1) is 0 Å². The van der Waals surface area contributed by atoms with Crippen molar-refractivity contribution in [2.24, 2.45) is 4.99 Å². The largest absolute Gasteiger partial charge is 0.497 e. The molecule has 0 radical (unpaired) electrons. The normalized spacial score (nSPS) is 11.4. The standard InChI is InChI=1S/C16H17NO/c1-12-5-4-6-14(11-12)13(2)17-15-7-9-16(18-3)10-8-15/h4-11H,1-3H3. The molecule has 2 heteroatoms. The van der Waals surface area contributed by atoms with Crippen LogP contribution in [0.2, 0.25) is 0 Å². The third-order valence-corrected chi connectivity index (χ3v) is 2.81. The minimum absolute atomic E-state index is 0.849. The third-order valence-electron chi connectivity index (χ3n) is 2.81. The van der Waals surface area contributed by atoms with Crippen LogP contribution < -0.4 is 4.74 Å². The molecular weight excluding hydrogens is 222 g/mol. The predicted octanol–water partition coefficient (Wildman–Crippen LogP) is 4.14. The van der Waals surface area contributed by atoms with Gasteiger partial charge in [-0.05, 0) is 43.7 Å². The number of aliphatic imine (C=N–C) groups is 1. The SMILES string of the molecule is COc1ccc(N=C(C)c2cccc(C)c2)cc1. The molecule has 0 fully saturated rings. The Hall–Kier alpha value is -2.09. The lowest BCUT2D eigenvalue weighted by Gasteiger charge is -2.03. The molecule has 0 atom stereocenters. The van der Waals surface area contributed by atoms with Gasteiger partial charge >= 0.3 is 0 Å². The maximum atomic E-state index is 5.13. The predicted molar refractivity (Wildman–Crippen MR) is 76.0 cm³/mol. The molecular formula is C16H17NO. The van der Waals surface area contributed by atoms with E-state index in [1.54, 1.807) is 7.11 Å². The van der Waals surface area contributed by atoms with Gasteiger partial charge in [-0.2, -0.15) is 0 Å². The molecule has 18 heavy (non-hydrogen) atoms. The van der Waals surface area contributed by atoms with E-state index in [1.165, 1.54) is 5.56 Å². The molecule has 92 valence electrons. The van der Waals surface area contributed by atoms with Crippen LogP contribution in [0.5, 0.6) is 5.75 Å². The first-order chi connectivity index (χ1) is 8.69. The monoisotopic (exact) mass is 239 g/mol. The van der Waals surface area contributed by atoms with E-state index in [-0.39, 0.29) is 0 Å². The molecule has 2 aromatic rings. The molecule has 0 saturated heterocycles. The summed E-state index contributed by atoms with van der Waals surface area (Å²) < 4.78 is 5.13. The second-order valence-electron chi connectivity index (χ2n) is 4.26. The summed E-state index contributed by atoms with van der Waals surface area (Å²) >= 11 is 0. The Bertz CT molecular complexity index is 556. The van der Waals surface area contributed by atoms with Crippen molar-refractivity contribution in [3.63, 3.8) is 0 Å². The summed E-state index contributed by atoms with van der Waals surface area (Å²) in [7, 11) is 1.66. The van der Waals surface area contributed by atoms with Gasteiger partial charge in [-0.3, -0.25) is 4.99 Å². The first kappa shape index (κ1) is 12.4. The first-order valence-electron chi connectivity index (χ1n) is 5.95. The topological polar surface area (TPSA) is 21.6 Å². The van der Waals surface area contributed by atoms with Gasteiger partial charge in [-0.25, -0.2) is 0 Å². The molecule has 0 aliphatic rings. The Labute approximate surface area is 108 Å². The summed E-state index contributed by atoms with van der Waals surface area (Å²) in [6, 6.07) is 16.1. The molecule has 0 aliphatic heterocycles. The molecule has 2 rings (SSSR count). The summed E-state index contributed by atoms with van der Waals surface area (Å²) in [4.78, 5) is 4.61. The zero-order valence-corrected chi connectivity index (χ0v) is 11.0. The van der Waals surface area contributed by atoms with Crippen LogP contribution in [0.15, 0.2) is 53.5 Å². The van der Waals surface area contributed by atoms with Crippen molar-refractivity contribution in [2.45, 2.75) is 13.8 Å². The summed E-state index contributed by atoms with van der Waals surface area (Å²) in [5.41, 5.74) is 4.36. The fraction of sp³-hybridized carbons (Fsp3) is 0.188. The number of methoxy groups -OCH3 is 1. The van der Waals surface area contributed by atoms with E-state index >= 15 is 0 Å². The lowest BCUT2D eigenvalue weighted by atomic mass is 10.1. The van der Waals surface area contributed by atoms with Gasteiger partial charge in [0, 0.05) is 5.71 Å². The summed E-state index contributed by atoms with van der Waals surface area (Å²) in [6.07, 6.45) is 0. The van der Waals surface area contributed by atoms with Crippen molar-refractivity contribution in [3.05, 3.63) is 59.7 Å². The van der Waals surface area contributed by atoms with Crippen LogP contribution in [0.4, 0.5) is 5.69 Å². The minimum Gasteiger partial charge on any atom is -0.497 e. The smallest absolute Gasteiger partial charge is 0.119 e. The molecule has 0 unspecified atom stereocenters. The van der Waals surface area contributed by atoms with E-state index in [4.69, 9.17) is 4.74 Å². The number of hydrogen-bond donors (Lipinski definition) is 0. The molecule has 2 nitrogen and oxygen atoms in total. The highest BCUT2D eigenvalue weighted by Crippen LogP contribution is 2.19. The summed E-state index contributed by atoms with van der Waals surface area (Å²) in [5.74, 6) is 0.849. The molecule has 0 aliphatic carbocycles. The van der Waals surface area contributed by atoms with Crippen molar-refractivity contribution in [1.29, 1.82) is 0 Å². The Balaban J connectivity index is 2.26. The van der Waals surface area contributed by atoms with Crippen LogP contribution in [0.1, 0.15) is 18.1 Å². The Morgan fingerprint density at radius 3 is 2.39 bits per heavy atom.